The summed E-state index contributed by atoms with van der Waals surface area (Å²) in [6.07, 6.45) is -2.62. The summed E-state index contributed by atoms with van der Waals surface area (Å²) in [5.41, 5.74) is 1.19. The maximum absolute atomic E-state index is 13.0. The standard InChI is InChI=1S/C16H18F3N3OS/c17-16(18,19)11-22-14(13-4-2-1-3-5-13)10-21(15(22)24)12-20-6-8-23-9-7-20/h1-5,10H,6-9,11-12H2. The highest BCUT2D eigenvalue weighted by atomic mass is 32.1. The van der Waals surface area contributed by atoms with Crippen molar-refractivity contribution < 1.29 is 17.9 Å². The molecular formula is C16H18F3N3OS. The van der Waals surface area contributed by atoms with Gasteiger partial charge in [0.25, 0.3) is 0 Å². The van der Waals surface area contributed by atoms with Crippen molar-refractivity contribution in [2.75, 3.05) is 26.3 Å². The van der Waals surface area contributed by atoms with Crippen molar-refractivity contribution in [1.82, 2.24) is 14.0 Å². The first-order valence-electron chi connectivity index (χ1n) is 7.66. The van der Waals surface area contributed by atoms with Gasteiger partial charge in [-0.2, -0.15) is 13.2 Å². The first-order chi connectivity index (χ1) is 11.4. The van der Waals surface area contributed by atoms with Gasteiger partial charge in [0, 0.05) is 19.3 Å². The quantitative estimate of drug-likeness (QED) is 0.782. The van der Waals surface area contributed by atoms with Crippen molar-refractivity contribution in [1.29, 1.82) is 0 Å². The van der Waals surface area contributed by atoms with Gasteiger partial charge in [0.05, 0.1) is 25.6 Å². The van der Waals surface area contributed by atoms with Gasteiger partial charge in [0.15, 0.2) is 4.77 Å². The second-order valence-electron chi connectivity index (χ2n) is 5.71. The summed E-state index contributed by atoms with van der Waals surface area (Å²) in [6.45, 7) is 2.11. The molecule has 0 amide bonds. The van der Waals surface area contributed by atoms with Gasteiger partial charge in [-0.1, -0.05) is 30.3 Å². The Hall–Kier alpha value is -1.64. The molecule has 0 radical (unpaired) electrons. The monoisotopic (exact) mass is 357 g/mol. The highest BCUT2D eigenvalue weighted by Gasteiger charge is 2.30. The number of nitrogens with zero attached hydrogens (tertiary/aromatic N) is 3. The second-order valence-corrected chi connectivity index (χ2v) is 6.07. The third kappa shape index (κ3) is 4.06. The minimum atomic E-state index is -4.33. The largest absolute Gasteiger partial charge is 0.406 e. The van der Waals surface area contributed by atoms with Gasteiger partial charge in [0.1, 0.15) is 6.54 Å². The zero-order chi connectivity index (χ0) is 17.2. The average Bonchev–Trinajstić information content (AvgIpc) is 2.85. The van der Waals surface area contributed by atoms with Gasteiger partial charge in [-0.15, -0.1) is 0 Å². The lowest BCUT2D eigenvalue weighted by molar-refractivity contribution is -0.140. The number of morpholine rings is 1. The van der Waals surface area contributed by atoms with Crippen LogP contribution in [-0.2, 0) is 18.0 Å². The second kappa shape index (κ2) is 7.08. The number of ether oxygens (including phenoxy) is 1. The molecule has 0 aliphatic carbocycles. The van der Waals surface area contributed by atoms with Crippen molar-refractivity contribution in [3.63, 3.8) is 0 Å². The van der Waals surface area contributed by atoms with Crippen LogP contribution in [0.15, 0.2) is 36.5 Å². The number of hydrogen-bond donors (Lipinski definition) is 0. The number of alkyl halides is 3. The summed E-state index contributed by atoms with van der Waals surface area (Å²) >= 11 is 5.32. The molecule has 1 aliphatic heterocycles. The van der Waals surface area contributed by atoms with E-state index in [0.29, 0.717) is 31.1 Å². The topological polar surface area (TPSA) is 22.3 Å². The molecule has 0 saturated carbocycles. The Morgan fingerprint density at radius 3 is 2.38 bits per heavy atom. The molecular weight excluding hydrogens is 339 g/mol. The first kappa shape index (κ1) is 17.2. The number of hydrogen-bond acceptors (Lipinski definition) is 3. The minimum Gasteiger partial charge on any atom is -0.379 e. The predicted molar refractivity (Wildman–Crippen MR) is 87.1 cm³/mol. The van der Waals surface area contributed by atoms with E-state index in [-0.39, 0.29) is 4.77 Å². The van der Waals surface area contributed by atoms with Crippen LogP contribution >= 0.6 is 12.2 Å². The van der Waals surface area contributed by atoms with E-state index in [2.05, 4.69) is 4.90 Å². The van der Waals surface area contributed by atoms with E-state index in [1.807, 2.05) is 6.07 Å². The molecule has 4 nitrogen and oxygen atoms in total. The van der Waals surface area contributed by atoms with Crippen LogP contribution in [-0.4, -0.2) is 46.5 Å². The van der Waals surface area contributed by atoms with E-state index in [0.717, 1.165) is 17.7 Å². The van der Waals surface area contributed by atoms with Crippen molar-refractivity contribution in [3.05, 3.63) is 41.3 Å². The van der Waals surface area contributed by atoms with Gasteiger partial charge in [0.2, 0.25) is 0 Å². The molecule has 0 N–H and O–H groups in total. The summed E-state index contributed by atoms with van der Waals surface area (Å²) in [5, 5.41) is 0. The van der Waals surface area contributed by atoms with Crippen molar-refractivity contribution in [2.24, 2.45) is 0 Å². The van der Waals surface area contributed by atoms with Gasteiger partial charge in [-0.05, 0) is 17.8 Å². The Kier molecular flexibility index (Phi) is 5.07. The van der Waals surface area contributed by atoms with E-state index in [9.17, 15) is 13.2 Å². The van der Waals surface area contributed by atoms with Gasteiger partial charge in [-0.25, -0.2) is 0 Å². The van der Waals surface area contributed by atoms with Crippen LogP contribution in [0.25, 0.3) is 11.3 Å². The van der Waals surface area contributed by atoms with Gasteiger partial charge in [-0.3, -0.25) is 4.90 Å². The van der Waals surface area contributed by atoms with Gasteiger partial charge < -0.3 is 13.9 Å². The van der Waals surface area contributed by atoms with Crippen LogP contribution < -0.4 is 0 Å². The molecule has 1 aromatic heterocycles. The third-order valence-electron chi connectivity index (χ3n) is 3.91. The normalized spacial score (nSPS) is 16.5. The molecule has 3 rings (SSSR count). The maximum Gasteiger partial charge on any atom is 0.406 e. The molecule has 2 heterocycles. The number of rotatable bonds is 4. The Morgan fingerprint density at radius 2 is 1.75 bits per heavy atom. The van der Waals surface area contributed by atoms with E-state index >= 15 is 0 Å². The van der Waals surface area contributed by atoms with E-state index in [1.165, 1.54) is 0 Å². The van der Waals surface area contributed by atoms with Crippen molar-refractivity contribution >= 4 is 12.2 Å². The third-order valence-corrected chi connectivity index (χ3v) is 4.36. The Morgan fingerprint density at radius 1 is 1.08 bits per heavy atom. The highest BCUT2D eigenvalue weighted by Crippen LogP contribution is 2.26. The summed E-state index contributed by atoms with van der Waals surface area (Å²) in [7, 11) is 0. The van der Waals surface area contributed by atoms with Crippen LogP contribution in [0.2, 0.25) is 0 Å². The molecule has 1 fully saturated rings. The average molecular weight is 357 g/mol. The lowest BCUT2D eigenvalue weighted by Crippen LogP contribution is -2.37. The first-order valence-corrected chi connectivity index (χ1v) is 8.07. The molecule has 1 saturated heterocycles. The molecule has 24 heavy (non-hydrogen) atoms. The molecule has 1 aliphatic rings. The lowest BCUT2D eigenvalue weighted by Gasteiger charge is -2.26. The molecule has 0 bridgehead atoms. The lowest BCUT2D eigenvalue weighted by atomic mass is 10.2. The van der Waals surface area contributed by atoms with Crippen LogP contribution in [0.5, 0.6) is 0 Å². The fraction of sp³-hybridized carbons (Fsp3) is 0.438. The Bertz CT molecular complexity index is 733. The Labute approximate surface area is 143 Å². The molecule has 0 spiro atoms. The number of halogens is 3. The number of imidazole rings is 1. The molecule has 1 aromatic carbocycles. The zero-order valence-corrected chi connectivity index (χ0v) is 13.8. The zero-order valence-electron chi connectivity index (χ0n) is 13.0. The minimum absolute atomic E-state index is 0.178. The smallest absolute Gasteiger partial charge is 0.379 e. The van der Waals surface area contributed by atoms with E-state index in [4.69, 9.17) is 17.0 Å². The molecule has 130 valence electrons. The molecule has 0 atom stereocenters. The number of aromatic nitrogens is 2. The molecule has 0 unspecified atom stereocenters. The maximum atomic E-state index is 13.0. The van der Waals surface area contributed by atoms with Crippen LogP contribution in [0.1, 0.15) is 0 Å². The van der Waals surface area contributed by atoms with Gasteiger partial charge >= 0.3 is 6.18 Å². The Balaban J connectivity index is 1.97. The fourth-order valence-corrected chi connectivity index (χ4v) is 3.03. The summed E-state index contributed by atoms with van der Waals surface area (Å²) < 4.78 is 47.3. The van der Waals surface area contributed by atoms with Crippen molar-refractivity contribution in [3.8, 4) is 11.3 Å². The molecule has 8 heteroatoms. The summed E-state index contributed by atoms with van der Waals surface area (Å²) in [5.74, 6) is 0. The van der Waals surface area contributed by atoms with E-state index in [1.54, 1.807) is 35.0 Å². The van der Waals surface area contributed by atoms with Crippen LogP contribution in [0.4, 0.5) is 13.2 Å². The van der Waals surface area contributed by atoms with Crippen LogP contribution in [0, 0.1) is 4.77 Å². The predicted octanol–water partition coefficient (Wildman–Crippen LogP) is 3.54. The fourth-order valence-electron chi connectivity index (χ4n) is 2.76. The summed E-state index contributed by atoms with van der Waals surface area (Å²) in [4.78, 5) is 2.12. The number of benzene rings is 1. The van der Waals surface area contributed by atoms with Crippen LogP contribution in [0.3, 0.4) is 0 Å². The van der Waals surface area contributed by atoms with Crippen molar-refractivity contribution in [2.45, 2.75) is 19.4 Å². The molecule has 2 aromatic rings. The SMILES string of the molecule is FC(F)(F)Cn1c(-c2ccccc2)cn(CN2CCOCC2)c1=S. The van der Waals surface area contributed by atoms with E-state index < -0.39 is 12.7 Å². The summed E-state index contributed by atoms with van der Waals surface area (Å²) in [6, 6.07) is 9.01. The highest BCUT2D eigenvalue weighted by molar-refractivity contribution is 7.71.